The van der Waals surface area contributed by atoms with Gasteiger partial charge in [-0.2, -0.15) is 0 Å². The molecule has 0 saturated carbocycles. The van der Waals surface area contributed by atoms with Gasteiger partial charge in [0.15, 0.2) is 0 Å². The summed E-state index contributed by atoms with van der Waals surface area (Å²) in [5.41, 5.74) is 0. The molecule has 0 unspecified atom stereocenters. The van der Waals surface area contributed by atoms with Crippen molar-refractivity contribution in [3.8, 4) is 0 Å². The van der Waals surface area contributed by atoms with Crippen molar-refractivity contribution in [1.82, 2.24) is 0 Å². The standard InChI is InChI=1S/C14H28O2/c1-16-14-12-10-8-6-4-2-3-5-7-9-11-13-15/h13H,2-12,14H2,1H3. The summed E-state index contributed by atoms with van der Waals surface area (Å²) >= 11 is 0. The molecule has 0 fully saturated rings. The highest BCUT2D eigenvalue weighted by Gasteiger charge is 1.92. The summed E-state index contributed by atoms with van der Waals surface area (Å²) in [6.07, 6.45) is 14.7. The maximum atomic E-state index is 10.1. The Hall–Kier alpha value is -0.370. The van der Waals surface area contributed by atoms with E-state index < -0.39 is 0 Å². The van der Waals surface area contributed by atoms with Crippen LogP contribution < -0.4 is 0 Å². The highest BCUT2D eigenvalue weighted by atomic mass is 16.5. The van der Waals surface area contributed by atoms with E-state index in [0.29, 0.717) is 0 Å². The van der Waals surface area contributed by atoms with E-state index >= 15 is 0 Å². The monoisotopic (exact) mass is 228 g/mol. The second-order valence-corrected chi connectivity index (χ2v) is 4.48. The number of rotatable bonds is 13. The van der Waals surface area contributed by atoms with Crippen molar-refractivity contribution in [3.05, 3.63) is 0 Å². The van der Waals surface area contributed by atoms with Crippen LogP contribution in [-0.4, -0.2) is 20.0 Å². The van der Waals surface area contributed by atoms with Gasteiger partial charge in [0, 0.05) is 20.1 Å². The van der Waals surface area contributed by atoms with Gasteiger partial charge in [-0.05, 0) is 12.8 Å². The molecule has 2 heteroatoms. The van der Waals surface area contributed by atoms with Gasteiger partial charge in [-0.1, -0.05) is 51.4 Å². The fourth-order valence-electron chi connectivity index (χ4n) is 1.89. The van der Waals surface area contributed by atoms with E-state index in [-0.39, 0.29) is 0 Å². The van der Waals surface area contributed by atoms with Gasteiger partial charge in [0.1, 0.15) is 6.29 Å². The molecule has 0 amide bonds. The summed E-state index contributed by atoms with van der Waals surface area (Å²) in [7, 11) is 1.77. The van der Waals surface area contributed by atoms with E-state index in [1.54, 1.807) is 7.11 Å². The molecular formula is C14H28O2. The van der Waals surface area contributed by atoms with Crippen LogP contribution in [0.25, 0.3) is 0 Å². The summed E-state index contributed by atoms with van der Waals surface area (Å²) in [6, 6.07) is 0. The normalized spacial score (nSPS) is 10.6. The first-order valence-electron chi connectivity index (χ1n) is 6.84. The summed E-state index contributed by atoms with van der Waals surface area (Å²) < 4.78 is 5.01. The van der Waals surface area contributed by atoms with Gasteiger partial charge < -0.3 is 9.53 Å². The smallest absolute Gasteiger partial charge is 0.119 e. The summed E-state index contributed by atoms with van der Waals surface area (Å²) in [4.78, 5) is 10.1. The fraction of sp³-hybridized carbons (Fsp3) is 0.929. The van der Waals surface area contributed by atoms with Gasteiger partial charge in [0.05, 0.1) is 0 Å². The van der Waals surface area contributed by atoms with Crippen LogP contribution in [0.1, 0.15) is 70.6 Å². The average Bonchev–Trinajstić information content (AvgIpc) is 2.31. The molecule has 0 aliphatic rings. The van der Waals surface area contributed by atoms with Gasteiger partial charge in [-0.15, -0.1) is 0 Å². The molecule has 16 heavy (non-hydrogen) atoms. The highest BCUT2D eigenvalue weighted by molar-refractivity contribution is 5.48. The Labute approximate surface area is 101 Å². The first-order chi connectivity index (χ1) is 7.91. The lowest BCUT2D eigenvalue weighted by Crippen LogP contribution is -1.88. The van der Waals surface area contributed by atoms with Crippen molar-refractivity contribution in [2.45, 2.75) is 70.6 Å². The number of methoxy groups -OCH3 is 1. The second-order valence-electron chi connectivity index (χ2n) is 4.48. The zero-order valence-corrected chi connectivity index (χ0v) is 10.9. The topological polar surface area (TPSA) is 26.3 Å². The molecule has 0 heterocycles. The SMILES string of the molecule is COCCCCCCCCCCCCC=O. The van der Waals surface area contributed by atoms with E-state index in [1.807, 2.05) is 0 Å². The Morgan fingerprint density at radius 3 is 1.62 bits per heavy atom. The van der Waals surface area contributed by atoms with E-state index in [1.165, 1.54) is 57.8 Å². The molecule has 0 aromatic heterocycles. The van der Waals surface area contributed by atoms with Crippen LogP contribution in [0.3, 0.4) is 0 Å². The van der Waals surface area contributed by atoms with Gasteiger partial charge >= 0.3 is 0 Å². The second kappa shape index (κ2) is 14.6. The third-order valence-corrected chi connectivity index (χ3v) is 2.92. The molecule has 0 atom stereocenters. The molecule has 0 saturated heterocycles. The molecule has 0 rings (SSSR count). The van der Waals surface area contributed by atoms with Crippen LogP contribution in [0.4, 0.5) is 0 Å². The minimum Gasteiger partial charge on any atom is -0.385 e. The Morgan fingerprint density at radius 1 is 0.750 bits per heavy atom. The number of unbranched alkanes of at least 4 members (excludes halogenated alkanes) is 10. The Bertz CT molecular complexity index is 135. The molecule has 96 valence electrons. The third-order valence-electron chi connectivity index (χ3n) is 2.92. The lowest BCUT2D eigenvalue weighted by Gasteiger charge is -2.02. The van der Waals surface area contributed by atoms with Gasteiger partial charge in [-0.3, -0.25) is 0 Å². The predicted molar refractivity (Wildman–Crippen MR) is 68.7 cm³/mol. The Balaban J connectivity index is 2.85. The molecule has 0 aromatic rings. The van der Waals surface area contributed by atoms with Crippen molar-refractivity contribution in [2.24, 2.45) is 0 Å². The maximum absolute atomic E-state index is 10.1. The molecule has 0 radical (unpaired) electrons. The van der Waals surface area contributed by atoms with Crippen LogP contribution in [0.15, 0.2) is 0 Å². The van der Waals surface area contributed by atoms with Gasteiger partial charge in [0.2, 0.25) is 0 Å². The van der Waals surface area contributed by atoms with Crippen LogP contribution >= 0.6 is 0 Å². The molecule has 0 aliphatic heterocycles. The van der Waals surface area contributed by atoms with Crippen LogP contribution in [-0.2, 0) is 9.53 Å². The number of hydrogen-bond acceptors (Lipinski definition) is 2. The number of hydrogen-bond donors (Lipinski definition) is 0. The number of ether oxygens (including phenoxy) is 1. The predicted octanol–water partition coefficient (Wildman–Crippen LogP) is 4.12. The van der Waals surface area contributed by atoms with E-state index in [9.17, 15) is 4.79 Å². The van der Waals surface area contributed by atoms with Crippen molar-refractivity contribution >= 4 is 6.29 Å². The molecule has 0 bridgehead atoms. The van der Waals surface area contributed by atoms with Crippen molar-refractivity contribution in [2.75, 3.05) is 13.7 Å². The highest BCUT2D eigenvalue weighted by Crippen LogP contribution is 2.10. The van der Waals surface area contributed by atoms with Crippen molar-refractivity contribution in [1.29, 1.82) is 0 Å². The molecule has 0 N–H and O–H groups in total. The zero-order chi connectivity index (χ0) is 11.9. The van der Waals surface area contributed by atoms with E-state index in [0.717, 1.165) is 25.7 Å². The molecular weight excluding hydrogens is 200 g/mol. The van der Waals surface area contributed by atoms with Gasteiger partial charge in [-0.25, -0.2) is 0 Å². The zero-order valence-electron chi connectivity index (χ0n) is 10.9. The fourth-order valence-corrected chi connectivity index (χ4v) is 1.89. The number of aldehydes is 1. The molecule has 0 spiro atoms. The Kier molecular flexibility index (Phi) is 14.3. The quantitative estimate of drug-likeness (QED) is 0.350. The van der Waals surface area contributed by atoms with Crippen molar-refractivity contribution < 1.29 is 9.53 Å². The molecule has 0 aliphatic carbocycles. The van der Waals surface area contributed by atoms with Gasteiger partial charge in [0.25, 0.3) is 0 Å². The largest absolute Gasteiger partial charge is 0.385 e. The molecule has 0 aromatic carbocycles. The summed E-state index contributed by atoms with van der Waals surface area (Å²) in [6.45, 7) is 0.913. The molecule has 2 nitrogen and oxygen atoms in total. The maximum Gasteiger partial charge on any atom is 0.119 e. The van der Waals surface area contributed by atoms with E-state index in [2.05, 4.69) is 0 Å². The first-order valence-corrected chi connectivity index (χ1v) is 6.84. The third kappa shape index (κ3) is 13.6. The number of carbonyl (C=O) groups is 1. The minimum absolute atomic E-state index is 0.750. The van der Waals surface area contributed by atoms with Crippen molar-refractivity contribution in [3.63, 3.8) is 0 Å². The Morgan fingerprint density at radius 2 is 1.19 bits per heavy atom. The number of carbonyl (C=O) groups excluding carboxylic acids is 1. The average molecular weight is 228 g/mol. The minimum atomic E-state index is 0.750. The summed E-state index contributed by atoms with van der Waals surface area (Å²) in [5.74, 6) is 0. The summed E-state index contributed by atoms with van der Waals surface area (Å²) in [5, 5.41) is 0. The van der Waals surface area contributed by atoms with Crippen LogP contribution in [0, 0.1) is 0 Å². The van der Waals surface area contributed by atoms with Crippen LogP contribution in [0.2, 0.25) is 0 Å². The lowest BCUT2D eigenvalue weighted by atomic mass is 10.1. The van der Waals surface area contributed by atoms with Crippen LogP contribution in [0.5, 0.6) is 0 Å². The van der Waals surface area contributed by atoms with E-state index in [4.69, 9.17) is 4.74 Å². The lowest BCUT2D eigenvalue weighted by molar-refractivity contribution is -0.107. The first kappa shape index (κ1) is 15.6.